The SMILES string of the molecule is Fc1ccc(-c2ccc(C[NH2+]CCCSc3ncccn3)o2)cc1. The van der Waals surface area contributed by atoms with Crippen LogP contribution in [0.3, 0.4) is 0 Å². The van der Waals surface area contributed by atoms with Crippen LogP contribution in [0.5, 0.6) is 0 Å². The maximum absolute atomic E-state index is 12.9. The van der Waals surface area contributed by atoms with Crippen LogP contribution >= 0.6 is 11.8 Å². The van der Waals surface area contributed by atoms with Crippen LogP contribution < -0.4 is 5.32 Å². The highest BCUT2D eigenvalue weighted by Crippen LogP contribution is 2.21. The molecular formula is C18H19FN3OS+. The number of aromatic nitrogens is 2. The van der Waals surface area contributed by atoms with Gasteiger partial charge in [0.2, 0.25) is 0 Å². The van der Waals surface area contributed by atoms with Gasteiger partial charge < -0.3 is 9.73 Å². The van der Waals surface area contributed by atoms with Gasteiger partial charge in [0.15, 0.2) is 10.9 Å². The molecule has 4 nitrogen and oxygen atoms in total. The summed E-state index contributed by atoms with van der Waals surface area (Å²) in [6.07, 6.45) is 4.60. The summed E-state index contributed by atoms with van der Waals surface area (Å²) in [5.74, 6) is 2.46. The molecule has 0 atom stereocenters. The highest BCUT2D eigenvalue weighted by atomic mass is 32.2. The highest BCUT2D eigenvalue weighted by molar-refractivity contribution is 7.99. The fourth-order valence-electron chi connectivity index (χ4n) is 2.25. The van der Waals surface area contributed by atoms with Gasteiger partial charge >= 0.3 is 0 Å². The first-order valence-corrected chi connectivity index (χ1v) is 8.86. The van der Waals surface area contributed by atoms with E-state index in [2.05, 4.69) is 15.3 Å². The lowest BCUT2D eigenvalue weighted by atomic mass is 10.2. The molecule has 0 aliphatic carbocycles. The number of furan rings is 1. The topological polar surface area (TPSA) is 55.5 Å². The molecule has 2 heterocycles. The normalized spacial score (nSPS) is 10.9. The second kappa shape index (κ2) is 8.61. The summed E-state index contributed by atoms with van der Waals surface area (Å²) in [7, 11) is 0. The summed E-state index contributed by atoms with van der Waals surface area (Å²) < 4.78 is 18.7. The van der Waals surface area contributed by atoms with Crippen LogP contribution in [0.2, 0.25) is 0 Å². The van der Waals surface area contributed by atoms with E-state index in [0.29, 0.717) is 0 Å². The van der Waals surface area contributed by atoms with Crippen molar-refractivity contribution in [3.05, 3.63) is 66.4 Å². The third-order valence-electron chi connectivity index (χ3n) is 3.46. The molecule has 0 aliphatic rings. The van der Waals surface area contributed by atoms with Gasteiger partial charge in [-0.2, -0.15) is 0 Å². The first kappa shape index (κ1) is 16.7. The van der Waals surface area contributed by atoms with Crippen molar-refractivity contribution in [3.8, 4) is 11.3 Å². The van der Waals surface area contributed by atoms with Crippen LogP contribution in [0.1, 0.15) is 12.2 Å². The van der Waals surface area contributed by atoms with Crippen molar-refractivity contribution in [3.63, 3.8) is 0 Å². The van der Waals surface area contributed by atoms with E-state index in [4.69, 9.17) is 4.42 Å². The van der Waals surface area contributed by atoms with Crippen molar-refractivity contribution < 1.29 is 14.1 Å². The van der Waals surface area contributed by atoms with E-state index in [1.807, 2.05) is 18.2 Å². The fraction of sp³-hybridized carbons (Fsp3) is 0.222. The molecule has 0 aliphatic heterocycles. The Morgan fingerprint density at radius 2 is 1.83 bits per heavy atom. The lowest BCUT2D eigenvalue weighted by Gasteiger charge is -2.00. The molecule has 6 heteroatoms. The monoisotopic (exact) mass is 344 g/mol. The highest BCUT2D eigenvalue weighted by Gasteiger charge is 2.06. The lowest BCUT2D eigenvalue weighted by molar-refractivity contribution is -0.672. The predicted molar refractivity (Wildman–Crippen MR) is 92.0 cm³/mol. The molecule has 0 saturated heterocycles. The summed E-state index contributed by atoms with van der Waals surface area (Å²) in [6.45, 7) is 1.82. The number of nitrogens with two attached hydrogens (primary N) is 1. The van der Waals surface area contributed by atoms with E-state index < -0.39 is 0 Å². The number of quaternary nitrogens is 1. The molecule has 3 aromatic rings. The summed E-state index contributed by atoms with van der Waals surface area (Å²) >= 11 is 1.67. The molecule has 24 heavy (non-hydrogen) atoms. The zero-order valence-electron chi connectivity index (χ0n) is 13.2. The van der Waals surface area contributed by atoms with Crippen LogP contribution in [0.15, 0.2) is 64.4 Å². The van der Waals surface area contributed by atoms with E-state index in [-0.39, 0.29) is 5.82 Å². The number of hydrogen-bond acceptors (Lipinski definition) is 4. The molecule has 0 bridgehead atoms. The van der Waals surface area contributed by atoms with E-state index >= 15 is 0 Å². The van der Waals surface area contributed by atoms with Crippen LogP contribution in [0.4, 0.5) is 4.39 Å². The summed E-state index contributed by atoms with van der Waals surface area (Å²) in [4.78, 5) is 8.37. The molecule has 0 saturated carbocycles. The van der Waals surface area contributed by atoms with Gasteiger partial charge in [-0.25, -0.2) is 14.4 Å². The Bertz CT molecular complexity index is 746. The largest absolute Gasteiger partial charge is 0.455 e. The molecule has 2 N–H and O–H groups in total. The average Bonchev–Trinajstić information content (AvgIpc) is 3.08. The summed E-state index contributed by atoms with van der Waals surface area (Å²) in [5.41, 5.74) is 0.891. The molecule has 0 radical (unpaired) electrons. The maximum Gasteiger partial charge on any atom is 0.187 e. The Balaban J connectivity index is 1.37. The first-order valence-electron chi connectivity index (χ1n) is 7.87. The smallest absolute Gasteiger partial charge is 0.187 e. The number of hydrogen-bond donors (Lipinski definition) is 1. The van der Waals surface area contributed by atoms with Crippen LogP contribution in [-0.4, -0.2) is 22.3 Å². The quantitative estimate of drug-likeness (QED) is 0.387. The Morgan fingerprint density at radius 1 is 1.04 bits per heavy atom. The van der Waals surface area contributed by atoms with Crippen molar-refractivity contribution in [1.29, 1.82) is 0 Å². The Kier molecular flexibility index (Phi) is 5.98. The third-order valence-corrected chi connectivity index (χ3v) is 4.42. The first-order chi connectivity index (χ1) is 11.8. The minimum Gasteiger partial charge on any atom is -0.455 e. The molecular weight excluding hydrogens is 325 g/mol. The molecule has 3 rings (SSSR count). The second-order valence-electron chi connectivity index (χ2n) is 5.29. The van der Waals surface area contributed by atoms with Gasteiger partial charge in [-0.15, -0.1) is 0 Å². The van der Waals surface area contributed by atoms with E-state index in [1.165, 1.54) is 12.1 Å². The van der Waals surface area contributed by atoms with E-state index in [1.54, 1.807) is 36.3 Å². The van der Waals surface area contributed by atoms with Gasteiger partial charge in [0, 0.05) is 30.1 Å². The van der Waals surface area contributed by atoms with Crippen LogP contribution in [0, 0.1) is 5.82 Å². The second-order valence-corrected chi connectivity index (χ2v) is 6.35. The molecule has 0 amide bonds. The van der Waals surface area contributed by atoms with Gasteiger partial charge in [0.05, 0.1) is 6.54 Å². The standard InChI is InChI=1S/C18H18FN3OS/c19-15-5-3-14(4-6-15)17-8-7-16(23-17)13-20-9-2-12-24-18-21-10-1-11-22-18/h1,3-8,10-11,20H,2,9,12-13H2/p+1. The molecule has 0 fully saturated rings. The molecule has 1 aromatic carbocycles. The van der Waals surface area contributed by atoms with Crippen molar-refractivity contribution in [2.24, 2.45) is 0 Å². The van der Waals surface area contributed by atoms with E-state index in [0.717, 1.165) is 47.5 Å². The van der Waals surface area contributed by atoms with E-state index in [9.17, 15) is 4.39 Å². The third kappa shape index (κ3) is 4.91. The van der Waals surface area contributed by atoms with Gasteiger partial charge in [0.1, 0.15) is 18.1 Å². The fourth-order valence-corrected chi connectivity index (χ4v) is 3.02. The van der Waals surface area contributed by atoms with Crippen LogP contribution in [0.25, 0.3) is 11.3 Å². The van der Waals surface area contributed by atoms with Crippen molar-refractivity contribution in [2.45, 2.75) is 18.1 Å². The number of benzene rings is 1. The number of halogens is 1. The minimum atomic E-state index is -0.238. The average molecular weight is 344 g/mol. The zero-order chi connectivity index (χ0) is 16.6. The number of nitrogens with zero attached hydrogens (tertiary/aromatic N) is 2. The summed E-state index contributed by atoms with van der Waals surface area (Å²) in [5, 5.41) is 3.05. The Morgan fingerprint density at radius 3 is 2.62 bits per heavy atom. The van der Waals surface area contributed by atoms with Crippen molar-refractivity contribution in [1.82, 2.24) is 9.97 Å². The van der Waals surface area contributed by atoms with Crippen molar-refractivity contribution in [2.75, 3.05) is 12.3 Å². The molecule has 124 valence electrons. The number of thioether (sulfide) groups is 1. The van der Waals surface area contributed by atoms with Gasteiger partial charge in [-0.1, -0.05) is 11.8 Å². The Labute approximate surface area is 144 Å². The lowest BCUT2D eigenvalue weighted by Crippen LogP contribution is -2.82. The van der Waals surface area contributed by atoms with Gasteiger partial charge in [-0.05, 0) is 42.5 Å². The van der Waals surface area contributed by atoms with Gasteiger partial charge in [0.25, 0.3) is 0 Å². The molecule has 0 spiro atoms. The Hall–Kier alpha value is -2.18. The molecule has 0 unspecified atom stereocenters. The predicted octanol–water partition coefficient (Wildman–Crippen LogP) is 3.12. The number of rotatable bonds is 8. The van der Waals surface area contributed by atoms with Crippen molar-refractivity contribution >= 4 is 11.8 Å². The van der Waals surface area contributed by atoms with Crippen LogP contribution in [-0.2, 0) is 6.54 Å². The minimum absolute atomic E-state index is 0.238. The molecule has 2 aromatic heterocycles. The van der Waals surface area contributed by atoms with Gasteiger partial charge in [-0.3, -0.25) is 0 Å². The zero-order valence-corrected chi connectivity index (χ0v) is 14.0. The maximum atomic E-state index is 12.9. The summed E-state index contributed by atoms with van der Waals surface area (Å²) in [6, 6.07) is 12.1.